The van der Waals surface area contributed by atoms with Crippen molar-refractivity contribution in [1.82, 2.24) is 19.9 Å². The van der Waals surface area contributed by atoms with Crippen LogP contribution in [0.2, 0.25) is 0 Å². The molecule has 0 spiro atoms. The topological polar surface area (TPSA) is 96.6 Å². The molecule has 1 fully saturated rings. The number of carboxylic acids is 1. The van der Waals surface area contributed by atoms with Gasteiger partial charge in [0.2, 0.25) is 0 Å². The molecule has 2 aromatic rings. The Bertz CT molecular complexity index is 747. The molecule has 0 bridgehead atoms. The average molecular weight is 316 g/mol. The highest BCUT2D eigenvalue weighted by Crippen LogP contribution is 2.36. The van der Waals surface area contributed by atoms with Crippen molar-refractivity contribution in [1.29, 1.82) is 0 Å². The predicted octanol–water partition coefficient (Wildman–Crippen LogP) is 1.80. The van der Waals surface area contributed by atoms with Gasteiger partial charge in [-0.15, -0.1) is 10.2 Å². The summed E-state index contributed by atoms with van der Waals surface area (Å²) in [6, 6.07) is 3.40. The standard InChI is InChI=1S/C16H20N4O3/c1-11-18-19-13-6-5-12(9-20(11)13)14(21)17-10-16(15(22)23)7-3-2-4-8-16/h5-6,9H,2-4,7-8,10H2,1H3,(H,17,21)(H,22,23). The molecule has 7 heteroatoms. The first kappa shape index (κ1) is 15.5. The monoisotopic (exact) mass is 316 g/mol. The van der Waals surface area contributed by atoms with Crippen LogP contribution in [0, 0.1) is 12.3 Å². The Morgan fingerprint density at radius 2 is 2.00 bits per heavy atom. The van der Waals surface area contributed by atoms with Crippen LogP contribution in [0.1, 0.15) is 48.3 Å². The second kappa shape index (κ2) is 5.98. The van der Waals surface area contributed by atoms with Crippen LogP contribution < -0.4 is 5.32 Å². The number of hydrogen-bond donors (Lipinski definition) is 2. The van der Waals surface area contributed by atoms with Crippen LogP contribution in [-0.4, -0.2) is 38.1 Å². The molecular weight excluding hydrogens is 296 g/mol. The summed E-state index contributed by atoms with van der Waals surface area (Å²) in [5.41, 5.74) is 0.315. The molecule has 1 aliphatic carbocycles. The van der Waals surface area contributed by atoms with Crippen LogP contribution in [0.3, 0.4) is 0 Å². The number of aryl methyl sites for hydroxylation is 1. The van der Waals surface area contributed by atoms with Gasteiger partial charge in [-0.2, -0.15) is 0 Å². The maximum atomic E-state index is 12.4. The van der Waals surface area contributed by atoms with E-state index in [9.17, 15) is 14.7 Å². The number of aliphatic carboxylic acids is 1. The third-order valence-electron chi connectivity index (χ3n) is 4.69. The van der Waals surface area contributed by atoms with Gasteiger partial charge in [0, 0.05) is 12.7 Å². The number of hydrogen-bond acceptors (Lipinski definition) is 4. The zero-order chi connectivity index (χ0) is 16.4. The van der Waals surface area contributed by atoms with Crippen molar-refractivity contribution in [3.63, 3.8) is 0 Å². The Morgan fingerprint density at radius 3 is 2.70 bits per heavy atom. The largest absolute Gasteiger partial charge is 0.481 e. The molecule has 1 saturated carbocycles. The summed E-state index contributed by atoms with van der Waals surface area (Å²) in [7, 11) is 0. The molecule has 122 valence electrons. The average Bonchev–Trinajstić information content (AvgIpc) is 2.94. The molecule has 0 aliphatic heterocycles. The third-order valence-corrected chi connectivity index (χ3v) is 4.69. The van der Waals surface area contributed by atoms with E-state index in [1.807, 2.05) is 6.92 Å². The molecule has 7 nitrogen and oxygen atoms in total. The van der Waals surface area contributed by atoms with E-state index in [-0.39, 0.29) is 12.5 Å². The molecule has 0 atom stereocenters. The smallest absolute Gasteiger partial charge is 0.311 e. The van der Waals surface area contributed by atoms with Gasteiger partial charge in [0.15, 0.2) is 5.65 Å². The van der Waals surface area contributed by atoms with E-state index < -0.39 is 11.4 Å². The number of nitrogens with zero attached hydrogens (tertiary/aromatic N) is 3. The van der Waals surface area contributed by atoms with Gasteiger partial charge in [-0.3, -0.25) is 14.0 Å². The summed E-state index contributed by atoms with van der Waals surface area (Å²) in [6.45, 7) is 1.98. The van der Waals surface area contributed by atoms with Gasteiger partial charge in [0.1, 0.15) is 5.82 Å². The molecule has 1 amide bonds. The second-order valence-corrected chi connectivity index (χ2v) is 6.22. The van der Waals surface area contributed by atoms with E-state index in [1.165, 1.54) is 0 Å². The predicted molar refractivity (Wildman–Crippen MR) is 83.2 cm³/mol. The van der Waals surface area contributed by atoms with Gasteiger partial charge < -0.3 is 10.4 Å². The lowest BCUT2D eigenvalue weighted by Crippen LogP contribution is -2.44. The van der Waals surface area contributed by atoms with E-state index >= 15 is 0 Å². The zero-order valence-electron chi connectivity index (χ0n) is 13.1. The van der Waals surface area contributed by atoms with Gasteiger partial charge in [-0.05, 0) is 31.9 Å². The summed E-state index contributed by atoms with van der Waals surface area (Å²) in [4.78, 5) is 24.0. The fourth-order valence-electron chi connectivity index (χ4n) is 3.19. The molecule has 0 saturated heterocycles. The molecule has 2 N–H and O–H groups in total. The molecule has 0 aromatic carbocycles. The van der Waals surface area contributed by atoms with E-state index in [0.29, 0.717) is 29.9 Å². The molecule has 2 aromatic heterocycles. The third kappa shape index (κ3) is 2.91. The van der Waals surface area contributed by atoms with Crippen LogP contribution in [0.25, 0.3) is 5.65 Å². The maximum absolute atomic E-state index is 12.4. The highest BCUT2D eigenvalue weighted by atomic mass is 16.4. The van der Waals surface area contributed by atoms with Gasteiger partial charge in [-0.1, -0.05) is 19.3 Å². The van der Waals surface area contributed by atoms with Gasteiger partial charge in [0.05, 0.1) is 11.0 Å². The van der Waals surface area contributed by atoms with Crippen molar-refractivity contribution in [3.8, 4) is 0 Å². The Kier molecular flexibility index (Phi) is 4.02. The highest BCUT2D eigenvalue weighted by Gasteiger charge is 2.39. The number of carboxylic acid groups (broad SMARTS) is 1. The van der Waals surface area contributed by atoms with Gasteiger partial charge in [0.25, 0.3) is 5.91 Å². The first-order valence-electron chi connectivity index (χ1n) is 7.85. The Labute approximate surface area is 133 Å². The van der Waals surface area contributed by atoms with E-state index in [0.717, 1.165) is 19.3 Å². The van der Waals surface area contributed by atoms with Crippen molar-refractivity contribution in [2.24, 2.45) is 5.41 Å². The number of carbonyl (C=O) groups is 2. The first-order valence-corrected chi connectivity index (χ1v) is 7.85. The lowest BCUT2D eigenvalue weighted by molar-refractivity contribution is -0.150. The fourth-order valence-corrected chi connectivity index (χ4v) is 3.19. The van der Waals surface area contributed by atoms with Crippen molar-refractivity contribution in [2.75, 3.05) is 6.54 Å². The number of amides is 1. The Morgan fingerprint density at radius 1 is 1.26 bits per heavy atom. The number of carbonyl (C=O) groups excluding carboxylic acids is 1. The maximum Gasteiger partial charge on any atom is 0.311 e. The van der Waals surface area contributed by atoms with Crippen LogP contribution in [0.5, 0.6) is 0 Å². The summed E-state index contributed by atoms with van der Waals surface area (Å²) in [5.74, 6) is -0.391. The summed E-state index contributed by atoms with van der Waals surface area (Å²) >= 11 is 0. The lowest BCUT2D eigenvalue weighted by atomic mass is 9.74. The number of aromatic nitrogens is 3. The van der Waals surface area contributed by atoms with Crippen molar-refractivity contribution >= 4 is 17.5 Å². The molecule has 1 aliphatic rings. The van der Waals surface area contributed by atoms with Crippen LogP contribution in [-0.2, 0) is 4.79 Å². The van der Waals surface area contributed by atoms with E-state index in [2.05, 4.69) is 15.5 Å². The summed E-state index contributed by atoms with van der Waals surface area (Å²) < 4.78 is 1.74. The van der Waals surface area contributed by atoms with Crippen molar-refractivity contribution in [3.05, 3.63) is 29.7 Å². The number of fused-ring (bicyclic) bond motifs is 1. The zero-order valence-corrected chi connectivity index (χ0v) is 13.1. The Balaban J connectivity index is 1.74. The normalized spacial score (nSPS) is 17.1. The van der Waals surface area contributed by atoms with Crippen LogP contribution in [0.15, 0.2) is 18.3 Å². The van der Waals surface area contributed by atoms with Crippen LogP contribution >= 0.6 is 0 Å². The van der Waals surface area contributed by atoms with Crippen LogP contribution in [0.4, 0.5) is 0 Å². The number of rotatable bonds is 4. The van der Waals surface area contributed by atoms with Crippen molar-refractivity contribution < 1.29 is 14.7 Å². The van der Waals surface area contributed by atoms with E-state index in [1.54, 1.807) is 22.7 Å². The quantitative estimate of drug-likeness (QED) is 0.896. The van der Waals surface area contributed by atoms with Gasteiger partial charge >= 0.3 is 5.97 Å². The van der Waals surface area contributed by atoms with E-state index in [4.69, 9.17) is 0 Å². The summed E-state index contributed by atoms with van der Waals surface area (Å²) in [5, 5.41) is 20.3. The first-order chi connectivity index (χ1) is 11.0. The SMILES string of the molecule is Cc1nnc2ccc(C(=O)NCC3(C(=O)O)CCCCC3)cn12. The number of pyridine rings is 1. The minimum absolute atomic E-state index is 0.167. The van der Waals surface area contributed by atoms with Gasteiger partial charge in [-0.25, -0.2) is 0 Å². The second-order valence-electron chi connectivity index (χ2n) is 6.22. The molecule has 2 heterocycles. The Hall–Kier alpha value is -2.44. The lowest BCUT2D eigenvalue weighted by Gasteiger charge is -2.33. The fraction of sp³-hybridized carbons (Fsp3) is 0.500. The minimum atomic E-state index is -0.829. The number of nitrogens with one attached hydrogen (secondary N) is 1. The molecule has 0 radical (unpaired) electrons. The molecule has 3 rings (SSSR count). The van der Waals surface area contributed by atoms with Crippen molar-refractivity contribution in [2.45, 2.75) is 39.0 Å². The summed E-state index contributed by atoms with van der Waals surface area (Å²) in [6.07, 6.45) is 5.77. The molecule has 0 unspecified atom stereocenters. The molecule has 23 heavy (non-hydrogen) atoms. The minimum Gasteiger partial charge on any atom is -0.481 e. The molecular formula is C16H20N4O3. The highest BCUT2D eigenvalue weighted by molar-refractivity contribution is 5.94.